The average Bonchev–Trinajstić information content (AvgIpc) is 3.03. The monoisotopic (exact) mass is 232 g/mol. The fourth-order valence-electron chi connectivity index (χ4n) is 2.36. The molecule has 1 aliphatic rings. The van der Waals surface area contributed by atoms with E-state index < -0.39 is 0 Å². The molecule has 1 aromatic carbocycles. The van der Waals surface area contributed by atoms with Gasteiger partial charge in [0.1, 0.15) is 0 Å². The normalized spacial score (nSPS) is 24.6. The number of epoxide rings is 1. The summed E-state index contributed by atoms with van der Waals surface area (Å²) in [5, 5.41) is 0. The molecule has 0 saturated carbocycles. The molecule has 3 unspecified atom stereocenters. The van der Waals surface area contributed by atoms with E-state index in [0.717, 1.165) is 6.42 Å². The van der Waals surface area contributed by atoms with Gasteiger partial charge in [0.25, 0.3) is 0 Å². The van der Waals surface area contributed by atoms with Crippen molar-refractivity contribution in [3.8, 4) is 0 Å². The van der Waals surface area contributed by atoms with Crippen LogP contribution in [0.5, 0.6) is 0 Å². The summed E-state index contributed by atoms with van der Waals surface area (Å²) >= 11 is 0. The van der Waals surface area contributed by atoms with Gasteiger partial charge in [0.2, 0.25) is 0 Å². The SMILES string of the molecule is CCCCc1ccc(C(C)CC2OC2C)cc1. The summed E-state index contributed by atoms with van der Waals surface area (Å²) in [4.78, 5) is 0. The summed E-state index contributed by atoms with van der Waals surface area (Å²) in [7, 11) is 0. The van der Waals surface area contributed by atoms with E-state index in [1.54, 1.807) is 0 Å². The summed E-state index contributed by atoms with van der Waals surface area (Å²) in [5.41, 5.74) is 2.92. The van der Waals surface area contributed by atoms with Gasteiger partial charge in [-0.25, -0.2) is 0 Å². The first kappa shape index (κ1) is 12.6. The van der Waals surface area contributed by atoms with Crippen molar-refractivity contribution in [2.75, 3.05) is 0 Å². The fourth-order valence-corrected chi connectivity index (χ4v) is 2.36. The number of rotatable bonds is 6. The first-order chi connectivity index (χ1) is 8.20. The lowest BCUT2D eigenvalue weighted by atomic mass is 9.94. The minimum atomic E-state index is 0.487. The van der Waals surface area contributed by atoms with Crippen LogP contribution in [-0.2, 0) is 11.2 Å². The van der Waals surface area contributed by atoms with Crippen LogP contribution in [0.2, 0.25) is 0 Å². The second kappa shape index (κ2) is 5.68. The van der Waals surface area contributed by atoms with Crippen molar-refractivity contribution in [3.05, 3.63) is 35.4 Å². The molecule has 0 aromatic heterocycles. The van der Waals surface area contributed by atoms with Crippen molar-refractivity contribution in [1.29, 1.82) is 0 Å². The lowest BCUT2D eigenvalue weighted by Gasteiger charge is -2.11. The lowest BCUT2D eigenvalue weighted by Crippen LogP contribution is -2.00. The van der Waals surface area contributed by atoms with Gasteiger partial charge >= 0.3 is 0 Å². The third kappa shape index (κ3) is 3.57. The van der Waals surface area contributed by atoms with Gasteiger partial charge in [-0.15, -0.1) is 0 Å². The van der Waals surface area contributed by atoms with E-state index >= 15 is 0 Å². The molecule has 1 aromatic rings. The Kier molecular flexibility index (Phi) is 4.22. The summed E-state index contributed by atoms with van der Waals surface area (Å²) in [5.74, 6) is 0.616. The molecule has 1 heterocycles. The second-order valence-corrected chi connectivity index (χ2v) is 5.36. The summed E-state index contributed by atoms with van der Waals surface area (Å²) in [6.07, 6.45) is 5.94. The molecular weight excluding hydrogens is 208 g/mol. The Balaban J connectivity index is 1.87. The van der Waals surface area contributed by atoms with Gasteiger partial charge < -0.3 is 4.74 Å². The van der Waals surface area contributed by atoms with Crippen molar-refractivity contribution in [2.45, 2.75) is 64.6 Å². The lowest BCUT2D eigenvalue weighted by molar-refractivity contribution is 0.362. The molecule has 3 atom stereocenters. The van der Waals surface area contributed by atoms with Gasteiger partial charge in [-0.05, 0) is 43.2 Å². The Morgan fingerprint density at radius 3 is 2.41 bits per heavy atom. The minimum absolute atomic E-state index is 0.487. The first-order valence-electron chi connectivity index (χ1n) is 6.95. The predicted molar refractivity (Wildman–Crippen MR) is 72.4 cm³/mol. The van der Waals surface area contributed by atoms with E-state index in [1.165, 1.54) is 30.4 Å². The Labute approximate surface area is 105 Å². The highest BCUT2D eigenvalue weighted by atomic mass is 16.6. The van der Waals surface area contributed by atoms with Crippen molar-refractivity contribution < 1.29 is 4.74 Å². The number of unbranched alkanes of at least 4 members (excludes halogenated alkanes) is 1. The topological polar surface area (TPSA) is 12.5 Å². The predicted octanol–water partition coefficient (Wildman–Crippen LogP) is 4.31. The van der Waals surface area contributed by atoms with Crippen LogP contribution in [0.25, 0.3) is 0 Å². The quantitative estimate of drug-likeness (QED) is 0.666. The summed E-state index contributed by atoms with van der Waals surface area (Å²) in [6.45, 7) is 6.70. The van der Waals surface area contributed by atoms with Crippen molar-refractivity contribution >= 4 is 0 Å². The number of hydrogen-bond donors (Lipinski definition) is 0. The summed E-state index contributed by atoms with van der Waals surface area (Å²) in [6, 6.07) is 9.17. The van der Waals surface area contributed by atoms with Crippen molar-refractivity contribution in [1.82, 2.24) is 0 Å². The molecular formula is C16H24O. The summed E-state index contributed by atoms with van der Waals surface area (Å²) < 4.78 is 5.49. The Hall–Kier alpha value is -0.820. The number of hydrogen-bond acceptors (Lipinski definition) is 1. The molecule has 1 aliphatic heterocycles. The first-order valence-corrected chi connectivity index (χ1v) is 6.95. The highest BCUT2D eigenvalue weighted by Crippen LogP contribution is 2.32. The third-order valence-electron chi connectivity index (χ3n) is 3.79. The molecule has 94 valence electrons. The molecule has 0 spiro atoms. The Morgan fingerprint density at radius 2 is 1.88 bits per heavy atom. The molecule has 1 saturated heterocycles. The van der Waals surface area contributed by atoms with Gasteiger partial charge in [-0.1, -0.05) is 44.5 Å². The van der Waals surface area contributed by atoms with E-state index in [-0.39, 0.29) is 0 Å². The number of aryl methyl sites for hydroxylation is 1. The highest BCUT2D eigenvalue weighted by molar-refractivity contribution is 5.25. The van der Waals surface area contributed by atoms with Gasteiger partial charge in [-0.3, -0.25) is 0 Å². The zero-order valence-electron chi connectivity index (χ0n) is 11.3. The molecule has 0 aliphatic carbocycles. The number of benzene rings is 1. The van der Waals surface area contributed by atoms with Crippen LogP contribution >= 0.6 is 0 Å². The van der Waals surface area contributed by atoms with Crippen molar-refractivity contribution in [2.24, 2.45) is 0 Å². The van der Waals surface area contributed by atoms with Gasteiger partial charge in [-0.2, -0.15) is 0 Å². The Morgan fingerprint density at radius 1 is 1.24 bits per heavy atom. The molecule has 0 radical (unpaired) electrons. The maximum atomic E-state index is 5.49. The zero-order valence-corrected chi connectivity index (χ0v) is 11.3. The van der Waals surface area contributed by atoms with E-state index in [1.807, 2.05) is 0 Å². The third-order valence-corrected chi connectivity index (χ3v) is 3.79. The number of ether oxygens (including phenoxy) is 1. The van der Waals surface area contributed by atoms with Gasteiger partial charge in [0.15, 0.2) is 0 Å². The molecule has 1 fully saturated rings. The molecule has 0 amide bonds. The maximum absolute atomic E-state index is 5.49. The van der Waals surface area contributed by atoms with Crippen LogP contribution in [0, 0.1) is 0 Å². The average molecular weight is 232 g/mol. The molecule has 0 bridgehead atoms. The van der Waals surface area contributed by atoms with Crippen molar-refractivity contribution in [3.63, 3.8) is 0 Å². The van der Waals surface area contributed by atoms with E-state index in [4.69, 9.17) is 4.74 Å². The molecule has 2 rings (SSSR count). The fraction of sp³-hybridized carbons (Fsp3) is 0.625. The zero-order chi connectivity index (χ0) is 12.3. The van der Waals surface area contributed by atoms with Gasteiger partial charge in [0.05, 0.1) is 12.2 Å². The van der Waals surface area contributed by atoms with E-state index in [9.17, 15) is 0 Å². The maximum Gasteiger partial charge on any atom is 0.0844 e. The van der Waals surface area contributed by atoms with E-state index in [0.29, 0.717) is 18.1 Å². The standard InChI is InChI=1S/C16H24O/c1-4-5-6-14-7-9-15(10-8-14)12(2)11-16-13(3)17-16/h7-10,12-13,16H,4-6,11H2,1-3H3. The second-order valence-electron chi connectivity index (χ2n) is 5.36. The minimum Gasteiger partial charge on any atom is -0.370 e. The van der Waals surface area contributed by atoms with Crippen LogP contribution in [0.4, 0.5) is 0 Å². The molecule has 1 heteroatoms. The molecule has 0 N–H and O–H groups in total. The van der Waals surface area contributed by atoms with Crippen LogP contribution in [0.15, 0.2) is 24.3 Å². The smallest absolute Gasteiger partial charge is 0.0844 e. The van der Waals surface area contributed by atoms with Crippen LogP contribution in [0.3, 0.4) is 0 Å². The largest absolute Gasteiger partial charge is 0.370 e. The Bertz CT molecular complexity index is 341. The molecule has 17 heavy (non-hydrogen) atoms. The van der Waals surface area contributed by atoms with Crippen LogP contribution in [-0.4, -0.2) is 12.2 Å². The van der Waals surface area contributed by atoms with E-state index in [2.05, 4.69) is 45.0 Å². The highest BCUT2D eigenvalue weighted by Gasteiger charge is 2.35. The van der Waals surface area contributed by atoms with Crippen LogP contribution < -0.4 is 0 Å². The van der Waals surface area contributed by atoms with Gasteiger partial charge in [0, 0.05) is 0 Å². The molecule has 1 nitrogen and oxygen atoms in total. The van der Waals surface area contributed by atoms with Crippen LogP contribution in [0.1, 0.15) is 57.1 Å².